The molecule has 180 valence electrons. The molecule has 1 fully saturated rings. The van der Waals surface area contributed by atoms with E-state index >= 15 is 0 Å². The van der Waals surface area contributed by atoms with E-state index in [1.807, 2.05) is 7.05 Å². The normalized spacial score (nSPS) is 25.2. The molecule has 2 amide bonds. The van der Waals surface area contributed by atoms with Crippen LogP contribution in [0.3, 0.4) is 0 Å². The van der Waals surface area contributed by atoms with Gasteiger partial charge in [-0.1, -0.05) is 11.6 Å². The van der Waals surface area contributed by atoms with Crippen molar-refractivity contribution in [3.63, 3.8) is 0 Å². The van der Waals surface area contributed by atoms with Crippen molar-refractivity contribution in [1.29, 1.82) is 0 Å². The highest BCUT2D eigenvalue weighted by molar-refractivity contribution is 7.13. The number of halogens is 1. The molecule has 0 unspecified atom stereocenters. The molecule has 5 rings (SSSR count). The topological polar surface area (TPSA) is 131 Å². The third-order valence-corrected chi connectivity index (χ3v) is 7.81. The van der Waals surface area contributed by atoms with E-state index in [1.165, 1.54) is 11.3 Å². The summed E-state index contributed by atoms with van der Waals surface area (Å²) in [6.45, 7) is 1.67. The smallest absolute Gasteiger partial charge is 0.280 e. The molecule has 1 aliphatic heterocycles. The lowest BCUT2D eigenvalue weighted by molar-refractivity contribution is -0.0275. The molecule has 3 aromatic rings. The highest BCUT2D eigenvalue weighted by atomic mass is 35.5. The van der Waals surface area contributed by atoms with E-state index in [9.17, 15) is 19.8 Å². The van der Waals surface area contributed by atoms with E-state index in [1.54, 1.807) is 24.3 Å². The van der Waals surface area contributed by atoms with Crippen LogP contribution >= 0.6 is 22.9 Å². The molecule has 11 heteroatoms. The van der Waals surface area contributed by atoms with Crippen molar-refractivity contribution >= 4 is 45.7 Å². The van der Waals surface area contributed by atoms with Crippen molar-refractivity contribution in [2.45, 2.75) is 50.1 Å². The molecular formula is C23H26ClN5O4S. The molecular weight excluding hydrogens is 478 g/mol. The van der Waals surface area contributed by atoms with Crippen LogP contribution < -0.4 is 10.6 Å². The van der Waals surface area contributed by atoms with E-state index in [-0.39, 0.29) is 24.7 Å². The van der Waals surface area contributed by atoms with Gasteiger partial charge in [0, 0.05) is 40.3 Å². The van der Waals surface area contributed by atoms with Gasteiger partial charge in [0.25, 0.3) is 11.8 Å². The van der Waals surface area contributed by atoms with Gasteiger partial charge in [0.05, 0.1) is 30.0 Å². The Morgan fingerprint density at radius 3 is 2.59 bits per heavy atom. The summed E-state index contributed by atoms with van der Waals surface area (Å²) in [5, 5.41) is 28.1. The Kier molecular flexibility index (Phi) is 6.34. The van der Waals surface area contributed by atoms with Gasteiger partial charge in [-0.3, -0.25) is 9.59 Å². The molecule has 1 aromatic carbocycles. The monoisotopic (exact) mass is 503 g/mol. The van der Waals surface area contributed by atoms with Gasteiger partial charge in [0.15, 0.2) is 5.01 Å². The van der Waals surface area contributed by atoms with E-state index in [0.29, 0.717) is 15.7 Å². The molecule has 5 N–H and O–H groups in total. The zero-order valence-electron chi connectivity index (χ0n) is 18.5. The van der Waals surface area contributed by atoms with Crippen LogP contribution in [0.5, 0.6) is 0 Å². The maximum absolute atomic E-state index is 13.0. The zero-order chi connectivity index (χ0) is 24.0. The standard InChI is InChI=1S/C23H26ClN5O4S/c1-29-5-4-14-20(10-29)34-23(28-14)22(33)27-16-9-19(31)18(30)8-15(16)26-21(32)17-7-11-6-12(24)2-3-13(11)25-17/h2-3,6-7,15-16,18-19,25,30-31H,4-5,8-10H2,1H3,(H,26,32)(H,27,33)/t15-,16+,18-,19+/m1/s1. The summed E-state index contributed by atoms with van der Waals surface area (Å²) >= 11 is 7.41. The molecule has 4 atom stereocenters. The van der Waals surface area contributed by atoms with Crippen molar-refractivity contribution < 1.29 is 19.8 Å². The first kappa shape index (κ1) is 23.3. The fourth-order valence-electron chi connectivity index (χ4n) is 4.60. The molecule has 34 heavy (non-hydrogen) atoms. The van der Waals surface area contributed by atoms with Crippen molar-refractivity contribution in [3.8, 4) is 0 Å². The molecule has 2 aromatic heterocycles. The largest absolute Gasteiger partial charge is 0.390 e. The summed E-state index contributed by atoms with van der Waals surface area (Å²) in [7, 11) is 2.03. The number of amides is 2. The van der Waals surface area contributed by atoms with Crippen molar-refractivity contribution in [2.75, 3.05) is 13.6 Å². The predicted octanol–water partition coefficient (Wildman–Crippen LogP) is 1.68. The van der Waals surface area contributed by atoms with Gasteiger partial charge in [0.2, 0.25) is 0 Å². The van der Waals surface area contributed by atoms with Crippen molar-refractivity contribution in [2.24, 2.45) is 0 Å². The Hall–Kier alpha value is -2.50. The van der Waals surface area contributed by atoms with Gasteiger partial charge < -0.3 is 30.7 Å². The average molecular weight is 504 g/mol. The van der Waals surface area contributed by atoms with Crippen LogP contribution in [0.15, 0.2) is 24.3 Å². The summed E-state index contributed by atoms with van der Waals surface area (Å²) < 4.78 is 0. The number of carbonyl (C=O) groups is 2. The number of thiazole rings is 1. The Morgan fingerprint density at radius 1 is 1.15 bits per heavy atom. The molecule has 1 aliphatic carbocycles. The fraction of sp³-hybridized carbons (Fsp3) is 0.435. The predicted molar refractivity (Wildman–Crippen MR) is 129 cm³/mol. The summed E-state index contributed by atoms with van der Waals surface area (Å²) in [6, 6.07) is 5.88. The number of rotatable bonds is 4. The van der Waals surface area contributed by atoms with Gasteiger partial charge >= 0.3 is 0 Å². The number of likely N-dealkylation sites (N-methyl/N-ethyl adjacent to an activating group) is 1. The number of hydrogen-bond acceptors (Lipinski definition) is 7. The van der Waals surface area contributed by atoms with Crippen molar-refractivity contribution in [3.05, 3.63) is 50.6 Å². The molecule has 0 saturated heterocycles. The first-order valence-electron chi connectivity index (χ1n) is 11.2. The minimum Gasteiger partial charge on any atom is -0.390 e. The van der Waals surface area contributed by atoms with Crippen LogP contribution in [-0.4, -0.2) is 74.8 Å². The highest BCUT2D eigenvalue weighted by Gasteiger charge is 2.38. The lowest BCUT2D eigenvalue weighted by Gasteiger charge is -2.37. The van der Waals surface area contributed by atoms with Crippen LogP contribution in [0, 0.1) is 0 Å². The maximum atomic E-state index is 13.0. The molecule has 0 radical (unpaired) electrons. The number of aliphatic hydroxyl groups is 2. The number of H-pyrrole nitrogens is 1. The van der Waals surface area contributed by atoms with Crippen LogP contribution in [0.4, 0.5) is 0 Å². The van der Waals surface area contributed by atoms with Gasteiger partial charge in [-0.2, -0.15) is 0 Å². The fourth-order valence-corrected chi connectivity index (χ4v) is 5.88. The van der Waals surface area contributed by atoms with E-state index < -0.39 is 24.3 Å². The number of nitrogens with zero attached hydrogens (tertiary/aromatic N) is 2. The lowest BCUT2D eigenvalue weighted by Crippen LogP contribution is -2.59. The van der Waals surface area contributed by atoms with Crippen LogP contribution in [0.25, 0.3) is 10.9 Å². The summed E-state index contributed by atoms with van der Waals surface area (Å²) in [5.74, 6) is -0.706. The van der Waals surface area contributed by atoms with E-state index in [2.05, 4.69) is 25.5 Å². The SMILES string of the molecule is CN1CCc2nc(C(=O)N[C@H]3C[C@H](O)[C@H](O)C[C@H]3NC(=O)c3cc4cc(Cl)ccc4[nH]3)sc2C1. The molecule has 2 aliphatic rings. The number of aromatic amines is 1. The Morgan fingerprint density at radius 2 is 1.85 bits per heavy atom. The first-order valence-corrected chi connectivity index (χ1v) is 12.4. The molecule has 1 saturated carbocycles. The van der Waals surface area contributed by atoms with Gasteiger partial charge in [0.1, 0.15) is 5.69 Å². The highest BCUT2D eigenvalue weighted by Crippen LogP contribution is 2.26. The number of aromatic nitrogens is 2. The molecule has 0 bridgehead atoms. The minimum atomic E-state index is -0.998. The summed E-state index contributed by atoms with van der Waals surface area (Å²) in [5.41, 5.74) is 2.08. The second-order valence-electron chi connectivity index (χ2n) is 9.06. The first-order chi connectivity index (χ1) is 16.3. The minimum absolute atomic E-state index is 0.114. The Balaban J connectivity index is 1.31. The summed E-state index contributed by atoms with van der Waals surface area (Å²) in [6.07, 6.45) is -0.954. The number of aliphatic hydroxyl groups excluding tert-OH is 2. The quantitative estimate of drug-likeness (QED) is 0.368. The van der Waals surface area contributed by atoms with Gasteiger partial charge in [-0.25, -0.2) is 4.98 Å². The number of fused-ring (bicyclic) bond motifs is 2. The number of benzene rings is 1. The van der Waals surface area contributed by atoms with Crippen LogP contribution in [-0.2, 0) is 13.0 Å². The van der Waals surface area contributed by atoms with Crippen molar-refractivity contribution in [1.82, 2.24) is 25.5 Å². The van der Waals surface area contributed by atoms with Crippen LogP contribution in [0.2, 0.25) is 5.02 Å². The van der Waals surface area contributed by atoms with Gasteiger partial charge in [-0.05, 0) is 44.2 Å². The van der Waals surface area contributed by atoms with E-state index in [4.69, 9.17) is 11.6 Å². The molecule has 3 heterocycles. The average Bonchev–Trinajstić information content (AvgIpc) is 3.40. The van der Waals surface area contributed by atoms with E-state index in [0.717, 1.165) is 41.0 Å². The maximum Gasteiger partial charge on any atom is 0.280 e. The Bertz CT molecular complexity index is 1240. The van der Waals surface area contributed by atoms with Crippen LogP contribution in [0.1, 0.15) is 43.7 Å². The second-order valence-corrected chi connectivity index (χ2v) is 10.6. The summed E-state index contributed by atoms with van der Waals surface area (Å²) in [4.78, 5) is 36.8. The third-order valence-electron chi connectivity index (χ3n) is 6.50. The number of nitrogens with one attached hydrogen (secondary N) is 3. The number of carbonyl (C=O) groups excluding carboxylic acids is 2. The third kappa shape index (κ3) is 4.69. The Labute approximate surface area is 205 Å². The van der Waals surface area contributed by atoms with Gasteiger partial charge in [-0.15, -0.1) is 11.3 Å². The number of hydrogen-bond donors (Lipinski definition) is 5. The second kappa shape index (κ2) is 9.27. The molecule has 0 spiro atoms. The zero-order valence-corrected chi connectivity index (χ0v) is 20.1. The lowest BCUT2D eigenvalue weighted by atomic mass is 9.86. The molecule has 9 nitrogen and oxygen atoms in total.